The van der Waals surface area contributed by atoms with E-state index in [1.807, 2.05) is 37.3 Å². The third-order valence-corrected chi connectivity index (χ3v) is 3.32. The fourth-order valence-corrected chi connectivity index (χ4v) is 2.14. The van der Waals surface area contributed by atoms with Gasteiger partial charge in [0.15, 0.2) is 0 Å². The normalized spacial score (nSPS) is 11.9. The third-order valence-electron chi connectivity index (χ3n) is 2.18. The minimum absolute atomic E-state index is 0.158. The lowest BCUT2D eigenvalue weighted by Gasteiger charge is -2.10. The first-order valence-electron chi connectivity index (χ1n) is 5.58. The van der Waals surface area contributed by atoms with Crippen LogP contribution in [0.15, 0.2) is 30.3 Å². The Balaban J connectivity index is 2.10. The predicted molar refractivity (Wildman–Crippen MR) is 70.5 cm³/mol. The molecular weight excluding hydrogens is 236 g/mol. The Labute approximate surface area is 106 Å². The molecule has 0 saturated carbocycles. The van der Waals surface area contributed by atoms with E-state index in [-0.39, 0.29) is 11.2 Å². The van der Waals surface area contributed by atoms with Gasteiger partial charge in [-0.1, -0.05) is 25.1 Å². The number of ether oxygens (including phenoxy) is 2. The summed E-state index contributed by atoms with van der Waals surface area (Å²) in [6, 6.07) is 9.72. The number of thioether (sulfide) groups is 1. The van der Waals surface area contributed by atoms with Crippen molar-refractivity contribution >= 4 is 17.7 Å². The molecule has 1 aromatic rings. The molecule has 0 radical (unpaired) electrons. The van der Waals surface area contributed by atoms with Crippen LogP contribution in [0, 0.1) is 0 Å². The molecule has 94 valence electrons. The summed E-state index contributed by atoms with van der Waals surface area (Å²) in [7, 11) is 1.41. The van der Waals surface area contributed by atoms with Gasteiger partial charge in [-0.15, -0.1) is 0 Å². The molecule has 0 aliphatic heterocycles. The third kappa shape index (κ3) is 6.22. The van der Waals surface area contributed by atoms with Crippen LogP contribution in [0.1, 0.15) is 13.3 Å². The minimum Gasteiger partial charge on any atom is -0.493 e. The maximum atomic E-state index is 11.0. The Morgan fingerprint density at radius 3 is 2.71 bits per heavy atom. The van der Waals surface area contributed by atoms with E-state index in [9.17, 15) is 4.79 Å². The highest BCUT2D eigenvalue weighted by molar-refractivity contribution is 7.99. The molecule has 0 fully saturated rings. The second-order valence-corrected chi connectivity index (χ2v) is 5.17. The van der Waals surface area contributed by atoms with Crippen LogP contribution in [0.25, 0.3) is 0 Å². The molecule has 0 N–H and O–H groups in total. The molecule has 0 heterocycles. The zero-order chi connectivity index (χ0) is 12.5. The molecule has 17 heavy (non-hydrogen) atoms. The molecule has 3 nitrogen and oxygen atoms in total. The zero-order valence-corrected chi connectivity index (χ0v) is 11.0. The first-order valence-corrected chi connectivity index (χ1v) is 6.63. The summed E-state index contributed by atoms with van der Waals surface area (Å²) in [5.41, 5.74) is 0. The summed E-state index contributed by atoms with van der Waals surface area (Å²) in [6.07, 6.45) is 0.451. The van der Waals surface area contributed by atoms with Crippen molar-refractivity contribution < 1.29 is 14.3 Å². The fourth-order valence-electron chi connectivity index (χ4n) is 1.30. The van der Waals surface area contributed by atoms with Crippen LogP contribution >= 0.6 is 11.8 Å². The van der Waals surface area contributed by atoms with Crippen molar-refractivity contribution in [1.82, 2.24) is 0 Å². The first-order chi connectivity index (χ1) is 8.22. The lowest BCUT2D eigenvalue weighted by Crippen LogP contribution is -2.10. The Hall–Kier alpha value is -1.16. The Bertz CT molecular complexity index is 327. The maximum Gasteiger partial charge on any atom is 0.306 e. The van der Waals surface area contributed by atoms with Crippen LogP contribution in [0.5, 0.6) is 5.75 Å². The number of carbonyl (C=O) groups is 1. The van der Waals surface area contributed by atoms with E-state index in [4.69, 9.17) is 4.74 Å². The number of benzene rings is 1. The fraction of sp³-hybridized carbons (Fsp3) is 0.462. The molecule has 4 heteroatoms. The number of para-hydroxylation sites is 1. The van der Waals surface area contributed by atoms with Crippen molar-refractivity contribution in [2.45, 2.75) is 18.6 Å². The standard InChI is InChI=1S/C13H18O3S/c1-11(10-13(14)15-2)17-9-8-16-12-6-4-3-5-7-12/h3-7,11H,8-10H2,1-2H3. The van der Waals surface area contributed by atoms with Crippen molar-refractivity contribution in [3.63, 3.8) is 0 Å². The molecule has 0 aliphatic rings. The first kappa shape index (κ1) is 13.9. The lowest BCUT2D eigenvalue weighted by molar-refractivity contribution is -0.140. The highest BCUT2D eigenvalue weighted by Gasteiger charge is 2.09. The molecule has 1 aromatic carbocycles. The SMILES string of the molecule is COC(=O)CC(C)SCCOc1ccccc1. The highest BCUT2D eigenvalue weighted by atomic mass is 32.2. The van der Waals surface area contributed by atoms with Gasteiger partial charge in [-0.25, -0.2) is 0 Å². The highest BCUT2D eigenvalue weighted by Crippen LogP contribution is 2.15. The minimum atomic E-state index is -0.158. The average Bonchev–Trinajstić information content (AvgIpc) is 2.36. The summed E-state index contributed by atoms with van der Waals surface area (Å²) in [6.45, 7) is 2.67. The van der Waals surface area contributed by atoms with Gasteiger partial charge in [0.2, 0.25) is 0 Å². The van der Waals surface area contributed by atoms with Crippen molar-refractivity contribution in [2.75, 3.05) is 19.5 Å². The number of esters is 1. The van der Waals surface area contributed by atoms with Gasteiger partial charge >= 0.3 is 5.97 Å². The number of hydrogen-bond donors (Lipinski definition) is 0. The second kappa shape index (κ2) is 8.01. The maximum absolute atomic E-state index is 11.0. The molecule has 1 atom stereocenters. The van der Waals surface area contributed by atoms with Crippen LogP contribution in [-0.2, 0) is 9.53 Å². The molecule has 0 spiro atoms. The quantitative estimate of drug-likeness (QED) is 0.553. The number of carbonyl (C=O) groups excluding carboxylic acids is 1. The van der Waals surface area contributed by atoms with Crippen LogP contribution in [-0.4, -0.2) is 30.7 Å². The van der Waals surface area contributed by atoms with Gasteiger partial charge in [0.1, 0.15) is 5.75 Å². The van der Waals surface area contributed by atoms with Crippen LogP contribution in [0.2, 0.25) is 0 Å². The Morgan fingerprint density at radius 2 is 2.06 bits per heavy atom. The van der Waals surface area contributed by atoms with E-state index in [2.05, 4.69) is 4.74 Å². The molecule has 0 aliphatic carbocycles. The smallest absolute Gasteiger partial charge is 0.306 e. The summed E-state index contributed by atoms with van der Waals surface area (Å²) in [5.74, 6) is 1.59. The van der Waals surface area contributed by atoms with Gasteiger partial charge in [-0.3, -0.25) is 4.79 Å². The summed E-state index contributed by atoms with van der Waals surface area (Å²) < 4.78 is 10.2. The summed E-state index contributed by atoms with van der Waals surface area (Å²) in [4.78, 5) is 11.0. The van der Waals surface area contributed by atoms with Crippen molar-refractivity contribution in [1.29, 1.82) is 0 Å². The Morgan fingerprint density at radius 1 is 1.35 bits per heavy atom. The largest absolute Gasteiger partial charge is 0.493 e. The van der Waals surface area contributed by atoms with E-state index in [1.165, 1.54) is 7.11 Å². The summed E-state index contributed by atoms with van der Waals surface area (Å²) >= 11 is 1.71. The van der Waals surface area contributed by atoms with Crippen LogP contribution < -0.4 is 4.74 Å². The Kier molecular flexibility index (Phi) is 6.55. The molecule has 0 aromatic heterocycles. The molecular formula is C13H18O3S. The van der Waals surface area contributed by atoms with Crippen LogP contribution in [0.4, 0.5) is 0 Å². The van der Waals surface area contributed by atoms with Crippen LogP contribution in [0.3, 0.4) is 0 Å². The zero-order valence-electron chi connectivity index (χ0n) is 10.2. The van der Waals surface area contributed by atoms with Crippen molar-refractivity contribution in [3.8, 4) is 5.75 Å². The van der Waals surface area contributed by atoms with E-state index in [1.54, 1.807) is 11.8 Å². The number of hydrogen-bond acceptors (Lipinski definition) is 4. The predicted octanol–water partition coefficient (Wildman–Crippen LogP) is 2.75. The summed E-state index contributed by atoms with van der Waals surface area (Å²) in [5, 5.41) is 0.266. The number of methoxy groups -OCH3 is 1. The van der Waals surface area contributed by atoms with Gasteiger partial charge < -0.3 is 9.47 Å². The molecule has 0 amide bonds. The van der Waals surface area contributed by atoms with E-state index >= 15 is 0 Å². The molecule has 0 saturated heterocycles. The monoisotopic (exact) mass is 254 g/mol. The molecule has 0 bridgehead atoms. The second-order valence-electron chi connectivity index (χ2n) is 3.62. The van der Waals surface area contributed by atoms with Gasteiger partial charge in [-0.2, -0.15) is 11.8 Å². The van der Waals surface area contributed by atoms with Gasteiger partial charge in [0.05, 0.1) is 20.1 Å². The number of rotatable bonds is 7. The van der Waals surface area contributed by atoms with Gasteiger partial charge in [0, 0.05) is 11.0 Å². The molecule has 1 unspecified atom stereocenters. The van der Waals surface area contributed by atoms with Crippen molar-refractivity contribution in [2.24, 2.45) is 0 Å². The average molecular weight is 254 g/mol. The topological polar surface area (TPSA) is 35.5 Å². The van der Waals surface area contributed by atoms with E-state index in [0.717, 1.165) is 11.5 Å². The van der Waals surface area contributed by atoms with E-state index < -0.39 is 0 Å². The van der Waals surface area contributed by atoms with E-state index in [0.29, 0.717) is 13.0 Å². The lowest BCUT2D eigenvalue weighted by atomic mass is 10.3. The van der Waals surface area contributed by atoms with Crippen molar-refractivity contribution in [3.05, 3.63) is 30.3 Å². The molecule has 1 rings (SSSR count). The van der Waals surface area contributed by atoms with Gasteiger partial charge in [0.25, 0.3) is 0 Å². The van der Waals surface area contributed by atoms with Gasteiger partial charge in [-0.05, 0) is 12.1 Å².